The minimum atomic E-state index is -2.77. The number of amides is 1. The molecule has 2 aliphatic heterocycles. The number of nitrogens with zero attached hydrogens (tertiary/aromatic N) is 3. The highest BCUT2D eigenvalue weighted by Gasteiger charge is 2.43. The molecule has 0 aromatic carbocycles. The molecule has 9 heteroatoms. The van der Waals surface area contributed by atoms with Crippen LogP contribution in [-0.2, 0) is 4.79 Å². The standard InChI is InChI=1S/C18H26F2N4O.2ClH/c1-2-23(17(25)15-11-18(19,20)13-22-15)12-14-6-9-24(10-7-14)16-5-3-4-8-21-16;;/h3-5,8,14-15,22H,2,6-7,9-13H2,1H3;2*1H. The van der Waals surface area contributed by atoms with Gasteiger partial charge in [-0.1, -0.05) is 6.07 Å². The SMILES string of the molecule is CCN(CC1CCN(c2ccccn2)CC1)C(=O)C1CC(F)(F)CN1.Cl.Cl. The fourth-order valence-corrected chi connectivity index (χ4v) is 3.68. The molecule has 3 heterocycles. The van der Waals surface area contributed by atoms with E-state index in [1.807, 2.05) is 25.1 Å². The summed E-state index contributed by atoms with van der Waals surface area (Å²) in [5.74, 6) is -1.56. The molecule has 2 aliphatic rings. The first kappa shape index (κ1) is 23.9. The summed E-state index contributed by atoms with van der Waals surface area (Å²) in [4.78, 5) is 20.9. The van der Waals surface area contributed by atoms with Crippen molar-refractivity contribution in [2.75, 3.05) is 37.6 Å². The Morgan fingerprint density at radius 2 is 2.04 bits per heavy atom. The first-order chi connectivity index (χ1) is 12.0. The van der Waals surface area contributed by atoms with Gasteiger partial charge in [0.15, 0.2) is 0 Å². The van der Waals surface area contributed by atoms with Crippen molar-refractivity contribution in [2.24, 2.45) is 5.92 Å². The Balaban J connectivity index is 0.00000182. The van der Waals surface area contributed by atoms with Crippen molar-refractivity contribution in [3.8, 4) is 0 Å². The third-order valence-corrected chi connectivity index (χ3v) is 5.17. The smallest absolute Gasteiger partial charge is 0.262 e. The summed E-state index contributed by atoms with van der Waals surface area (Å²) in [6.45, 7) is 4.54. The molecule has 3 rings (SSSR count). The third kappa shape index (κ3) is 6.16. The van der Waals surface area contributed by atoms with Gasteiger partial charge in [-0.2, -0.15) is 0 Å². The Bertz CT molecular complexity index is 586. The van der Waals surface area contributed by atoms with Gasteiger partial charge in [0.05, 0.1) is 12.6 Å². The molecule has 1 aromatic heterocycles. The highest BCUT2D eigenvalue weighted by atomic mass is 35.5. The summed E-state index contributed by atoms with van der Waals surface area (Å²) >= 11 is 0. The molecule has 1 aromatic rings. The van der Waals surface area contributed by atoms with Crippen LogP contribution >= 0.6 is 24.8 Å². The van der Waals surface area contributed by atoms with Crippen LogP contribution in [0, 0.1) is 5.92 Å². The number of rotatable bonds is 5. The van der Waals surface area contributed by atoms with Gasteiger partial charge in [0, 0.05) is 38.8 Å². The number of anilines is 1. The number of nitrogens with one attached hydrogen (secondary N) is 1. The zero-order valence-corrected chi connectivity index (χ0v) is 17.1. The number of halogens is 4. The minimum Gasteiger partial charge on any atom is -0.357 e. The largest absolute Gasteiger partial charge is 0.357 e. The average molecular weight is 425 g/mol. The quantitative estimate of drug-likeness (QED) is 0.788. The van der Waals surface area contributed by atoms with Crippen LogP contribution in [0.2, 0.25) is 0 Å². The molecule has 2 fully saturated rings. The Hall–Kier alpha value is -1.18. The maximum absolute atomic E-state index is 13.3. The normalized spacial score (nSPS) is 21.9. The van der Waals surface area contributed by atoms with Crippen LogP contribution in [0.4, 0.5) is 14.6 Å². The van der Waals surface area contributed by atoms with E-state index in [4.69, 9.17) is 0 Å². The minimum absolute atomic E-state index is 0. The summed E-state index contributed by atoms with van der Waals surface area (Å²) in [6, 6.07) is 5.15. The number of likely N-dealkylation sites (N-methyl/N-ethyl adjacent to an activating group) is 1. The lowest BCUT2D eigenvalue weighted by Crippen LogP contribution is -2.47. The molecule has 0 spiro atoms. The number of hydrogen-bond donors (Lipinski definition) is 1. The fourth-order valence-electron chi connectivity index (χ4n) is 3.68. The van der Waals surface area contributed by atoms with E-state index >= 15 is 0 Å². The molecule has 1 unspecified atom stereocenters. The van der Waals surface area contributed by atoms with E-state index < -0.39 is 18.5 Å². The van der Waals surface area contributed by atoms with Gasteiger partial charge in [0.1, 0.15) is 5.82 Å². The number of carbonyl (C=O) groups excluding carboxylic acids is 1. The number of alkyl halides is 2. The Morgan fingerprint density at radius 3 is 2.56 bits per heavy atom. The second-order valence-corrected chi connectivity index (χ2v) is 6.99. The van der Waals surface area contributed by atoms with E-state index in [1.54, 1.807) is 11.1 Å². The monoisotopic (exact) mass is 424 g/mol. The third-order valence-electron chi connectivity index (χ3n) is 5.17. The molecular formula is C18H28Cl2F2N4O. The van der Waals surface area contributed by atoms with Crippen LogP contribution in [0.5, 0.6) is 0 Å². The van der Waals surface area contributed by atoms with Crippen LogP contribution in [0.1, 0.15) is 26.2 Å². The van der Waals surface area contributed by atoms with Gasteiger partial charge < -0.3 is 9.80 Å². The lowest BCUT2D eigenvalue weighted by molar-refractivity contribution is -0.134. The maximum atomic E-state index is 13.3. The van der Waals surface area contributed by atoms with Crippen molar-refractivity contribution in [3.63, 3.8) is 0 Å². The molecule has 0 bridgehead atoms. The second kappa shape index (κ2) is 10.4. The van der Waals surface area contributed by atoms with Crippen LogP contribution in [0.15, 0.2) is 24.4 Å². The molecule has 0 radical (unpaired) electrons. The number of aromatic nitrogens is 1. The highest BCUT2D eigenvalue weighted by molar-refractivity contribution is 5.85. The van der Waals surface area contributed by atoms with E-state index in [0.29, 0.717) is 19.0 Å². The van der Waals surface area contributed by atoms with Crippen molar-refractivity contribution in [3.05, 3.63) is 24.4 Å². The van der Waals surface area contributed by atoms with Crippen LogP contribution < -0.4 is 10.2 Å². The van der Waals surface area contributed by atoms with Crippen LogP contribution in [0.25, 0.3) is 0 Å². The number of piperidine rings is 1. The first-order valence-electron chi connectivity index (χ1n) is 9.04. The molecule has 5 nitrogen and oxygen atoms in total. The van der Waals surface area contributed by atoms with Gasteiger partial charge in [-0.05, 0) is 37.8 Å². The van der Waals surface area contributed by atoms with Gasteiger partial charge in [0.25, 0.3) is 5.92 Å². The Morgan fingerprint density at radius 1 is 1.33 bits per heavy atom. The number of pyridine rings is 1. The van der Waals surface area contributed by atoms with E-state index in [0.717, 1.165) is 31.7 Å². The van der Waals surface area contributed by atoms with Crippen molar-refractivity contribution in [2.45, 2.75) is 38.2 Å². The number of carbonyl (C=O) groups is 1. The Kier molecular flexibility index (Phi) is 9.18. The van der Waals surface area contributed by atoms with Crippen molar-refractivity contribution in [1.82, 2.24) is 15.2 Å². The summed E-state index contributed by atoms with van der Waals surface area (Å²) < 4.78 is 26.7. The topological polar surface area (TPSA) is 48.5 Å². The van der Waals surface area contributed by atoms with E-state index in [1.165, 1.54) is 0 Å². The van der Waals surface area contributed by atoms with E-state index in [9.17, 15) is 13.6 Å². The summed E-state index contributed by atoms with van der Waals surface area (Å²) in [6.07, 6.45) is 3.37. The van der Waals surface area contributed by atoms with Gasteiger partial charge in [-0.3, -0.25) is 10.1 Å². The summed E-state index contributed by atoms with van der Waals surface area (Å²) in [7, 11) is 0. The average Bonchev–Trinajstić information content (AvgIpc) is 3.00. The first-order valence-corrected chi connectivity index (χ1v) is 9.04. The van der Waals surface area contributed by atoms with Crippen molar-refractivity contribution in [1.29, 1.82) is 0 Å². The predicted molar refractivity (Wildman–Crippen MR) is 107 cm³/mol. The molecule has 27 heavy (non-hydrogen) atoms. The van der Waals surface area contributed by atoms with Crippen molar-refractivity contribution >= 4 is 36.5 Å². The summed E-state index contributed by atoms with van der Waals surface area (Å²) in [5, 5.41) is 2.67. The van der Waals surface area contributed by atoms with E-state index in [-0.39, 0.29) is 37.1 Å². The zero-order valence-electron chi connectivity index (χ0n) is 15.4. The molecule has 0 saturated carbocycles. The highest BCUT2D eigenvalue weighted by Crippen LogP contribution is 2.27. The summed E-state index contributed by atoms with van der Waals surface area (Å²) in [5.41, 5.74) is 0. The van der Waals surface area contributed by atoms with Gasteiger partial charge in [0.2, 0.25) is 5.91 Å². The van der Waals surface area contributed by atoms with Crippen molar-refractivity contribution < 1.29 is 13.6 Å². The molecular weight excluding hydrogens is 397 g/mol. The molecule has 1 amide bonds. The lowest BCUT2D eigenvalue weighted by atomic mass is 9.95. The fraction of sp³-hybridized carbons (Fsp3) is 0.667. The molecule has 1 atom stereocenters. The second-order valence-electron chi connectivity index (χ2n) is 6.99. The van der Waals surface area contributed by atoms with Gasteiger partial charge in [-0.25, -0.2) is 13.8 Å². The van der Waals surface area contributed by atoms with Gasteiger partial charge >= 0.3 is 0 Å². The zero-order chi connectivity index (χ0) is 17.9. The molecule has 2 saturated heterocycles. The molecule has 1 N–H and O–H groups in total. The van der Waals surface area contributed by atoms with Crippen LogP contribution in [0.3, 0.4) is 0 Å². The predicted octanol–water partition coefficient (Wildman–Crippen LogP) is 2.99. The van der Waals surface area contributed by atoms with Crippen LogP contribution in [-0.4, -0.2) is 60.5 Å². The van der Waals surface area contributed by atoms with E-state index in [2.05, 4.69) is 15.2 Å². The number of hydrogen-bond acceptors (Lipinski definition) is 4. The molecule has 154 valence electrons. The lowest BCUT2D eigenvalue weighted by Gasteiger charge is -2.35. The van der Waals surface area contributed by atoms with Gasteiger partial charge in [-0.15, -0.1) is 24.8 Å². The Labute approximate surface area is 171 Å². The maximum Gasteiger partial charge on any atom is 0.262 e. The molecule has 0 aliphatic carbocycles.